The molecule has 2 heterocycles. The van der Waals surface area contributed by atoms with E-state index in [1.54, 1.807) is 0 Å². The lowest BCUT2D eigenvalue weighted by Crippen LogP contribution is -2.39. The molecule has 140 valence electrons. The van der Waals surface area contributed by atoms with Gasteiger partial charge in [-0.2, -0.15) is 0 Å². The number of aromatic amines is 1. The van der Waals surface area contributed by atoms with E-state index in [0.29, 0.717) is 6.42 Å². The summed E-state index contributed by atoms with van der Waals surface area (Å²) in [7, 11) is 0. The molecule has 2 rings (SSSR count). The molecular weight excluding hydrogens is 350 g/mol. The van der Waals surface area contributed by atoms with Crippen molar-refractivity contribution in [1.29, 1.82) is 0 Å². The third-order valence-electron chi connectivity index (χ3n) is 3.88. The van der Waals surface area contributed by atoms with E-state index in [-0.39, 0.29) is 12.5 Å². The summed E-state index contributed by atoms with van der Waals surface area (Å²) in [5.41, 5.74) is 4.51. The Bertz CT molecular complexity index is 718. The number of aliphatic hydroxyl groups excluding tert-OH is 2. The summed E-state index contributed by atoms with van der Waals surface area (Å²) < 4.78 is 6.27. The molecule has 1 fully saturated rings. The van der Waals surface area contributed by atoms with Gasteiger partial charge in [-0.15, -0.1) is 11.8 Å². The van der Waals surface area contributed by atoms with Crippen LogP contribution in [0.5, 0.6) is 0 Å². The molecule has 0 aliphatic carbocycles. The molecule has 25 heavy (non-hydrogen) atoms. The first-order chi connectivity index (χ1) is 11.7. The number of rotatable bonds is 6. The number of aliphatic hydroxyl groups is 2. The Morgan fingerprint density at radius 3 is 2.68 bits per heavy atom. The first-order valence-electron chi connectivity index (χ1n) is 7.96. The fourth-order valence-electron chi connectivity index (χ4n) is 2.60. The Kier molecular flexibility index (Phi) is 6.44. The van der Waals surface area contributed by atoms with Crippen LogP contribution in [0.4, 0.5) is 0 Å². The second-order valence-corrected chi connectivity index (χ2v) is 7.79. The number of aromatic nitrogens is 2. The number of hydrogen-bond acceptors (Lipinski definition) is 8. The Hall–Kier alpha value is -1.62. The molecule has 0 saturated carbocycles. The standard InChI is InChI=1S/C15H23N3O6S/c1-7(2)5-8(16)14(22)24-6-9-11(20)12(21)13(25-9)18-4-3-10(19)17-15(18)23/h3-4,7-9,11-13,20-21H,5-6,16H2,1-2H3,(H,17,19,23)/t8-,9+,11?,12?,13+/m0/s1. The van der Waals surface area contributed by atoms with Crippen LogP contribution in [-0.2, 0) is 9.53 Å². The lowest BCUT2D eigenvalue weighted by molar-refractivity contribution is -0.146. The SMILES string of the molecule is CC(C)C[C@H](N)C(=O)OC[C@H]1S[C@@H](n2ccc(=O)[nH]c2=O)C(O)C1O. The summed E-state index contributed by atoms with van der Waals surface area (Å²) in [6.45, 7) is 3.74. The topological polar surface area (TPSA) is 148 Å². The maximum atomic E-state index is 11.9. The molecule has 1 aliphatic heterocycles. The number of hydrogen-bond donors (Lipinski definition) is 4. The number of thioether (sulfide) groups is 1. The van der Waals surface area contributed by atoms with E-state index in [9.17, 15) is 24.6 Å². The monoisotopic (exact) mass is 373 g/mol. The molecule has 0 radical (unpaired) electrons. The average molecular weight is 373 g/mol. The molecule has 1 saturated heterocycles. The number of nitrogens with two attached hydrogens (primary N) is 1. The predicted molar refractivity (Wildman–Crippen MR) is 92.1 cm³/mol. The van der Waals surface area contributed by atoms with Gasteiger partial charge in [0.05, 0.1) is 11.4 Å². The molecular formula is C15H23N3O6S. The van der Waals surface area contributed by atoms with Gasteiger partial charge >= 0.3 is 11.7 Å². The van der Waals surface area contributed by atoms with Crippen LogP contribution in [0.15, 0.2) is 21.9 Å². The summed E-state index contributed by atoms with van der Waals surface area (Å²) in [4.78, 5) is 36.9. The van der Waals surface area contributed by atoms with Crippen LogP contribution in [0.3, 0.4) is 0 Å². The number of nitrogens with zero attached hydrogens (tertiary/aromatic N) is 1. The first kappa shape index (κ1) is 19.7. The second kappa shape index (κ2) is 8.17. The van der Waals surface area contributed by atoms with Gasteiger partial charge in [0.1, 0.15) is 24.1 Å². The summed E-state index contributed by atoms with van der Waals surface area (Å²) >= 11 is 1.09. The quantitative estimate of drug-likeness (QED) is 0.454. The van der Waals surface area contributed by atoms with Crippen molar-refractivity contribution < 1.29 is 19.7 Å². The highest BCUT2D eigenvalue weighted by Gasteiger charge is 2.44. The molecule has 0 spiro atoms. The molecule has 1 aromatic heterocycles. The maximum Gasteiger partial charge on any atom is 0.329 e. The first-order valence-corrected chi connectivity index (χ1v) is 8.90. The smallest absolute Gasteiger partial charge is 0.329 e. The largest absolute Gasteiger partial charge is 0.463 e. The minimum absolute atomic E-state index is 0.137. The van der Waals surface area contributed by atoms with Crippen LogP contribution < -0.4 is 17.0 Å². The number of carbonyl (C=O) groups is 1. The van der Waals surface area contributed by atoms with Crippen molar-refractivity contribution in [3.63, 3.8) is 0 Å². The summed E-state index contributed by atoms with van der Waals surface area (Å²) in [6, 6.07) is 0.408. The fraction of sp³-hybridized carbons (Fsp3) is 0.667. The molecule has 0 bridgehead atoms. The van der Waals surface area contributed by atoms with Gasteiger partial charge < -0.3 is 20.7 Å². The van der Waals surface area contributed by atoms with Gasteiger partial charge in [0.2, 0.25) is 0 Å². The Labute approximate surface area is 148 Å². The highest BCUT2D eigenvalue weighted by Crippen LogP contribution is 2.41. The van der Waals surface area contributed by atoms with Gasteiger partial charge in [-0.05, 0) is 12.3 Å². The van der Waals surface area contributed by atoms with Crippen LogP contribution in [0.1, 0.15) is 25.6 Å². The zero-order valence-corrected chi connectivity index (χ0v) is 14.8. The zero-order valence-electron chi connectivity index (χ0n) is 14.0. The highest BCUT2D eigenvalue weighted by atomic mass is 32.2. The van der Waals surface area contributed by atoms with Gasteiger partial charge in [0.15, 0.2) is 0 Å². The number of ether oxygens (including phenoxy) is 1. The van der Waals surface area contributed by atoms with E-state index in [1.165, 1.54) is 6.20 Å². The number of nitrogens with one attached hydrogen (secondary N) is 1. The third-order valence-corrected chi connectivity index (χ3v) is 5.43. The van der Waals surface area contributed by atoms with Crippen molar-refractivity contribution in [3.8, 4) is 0 Å². The van der Waals surface area contributed by atoms with Crippen LogP contribution in [0, 0.1) is 5.92 Å². The molecule has 5 N–H and O–H groups in total. The number of esters is 1. The third kappa shape index (κ3) is 4.72. The lowest BCUT2D eigenvalue weighted by atomic mass is 10.1. The Morgan fingerprint density at radius 1 is 1.40 bits per heavy atom. The minimum Gasteiger partial charge on any atom is -0.463 e. The summed E-state index contributed by atoms with van der Waals surface area (Å²) in [5, 5.41) is 18.9. The van der Waals surface area contributed by atoms with Crippen molar-refractivity contribution in [2.45, 2.75) is 49.1 Å². The normalized spacial score (nSPS) is 27.4. The lowest BCUT2D eigenvalue weighted by Gasteiger charge is -2.17. The van der Waals surface area contributed by atoms with Crippen LogP contribution in [-0.4, -0.2) is 55.8 Å². The molecule has 0 amide bonds. The van der Waals surface area contributed by atoms with Gasteiger partial charge in [-0.25, -0.2) is 4.79 Å². The zero-order chi connectivity index (χ0) is 18.7. The minimum atomic E-state index is -1.25. The van der Waals surface area contributed by atoms with Crippen molar-refractivity contribution in [1.82, 2.24) is 9.55 Å². The Balaban J connectivity index is 2.01. The van der Waals surface area contributed by atoms with E-state index in [4.69, 9.17) is 10.5 Å². The molecule has 10 heteroatoms. The second-order valence-electron chi connectivity index (χ2n) is 6.43. The number of H-pyrrole nitrogens is 1. The fourth-order valence-corrected chi connectivity index (χ4v) is 4.05. The predicted octanol–water partition coefficient (Wildman–Crippen LogP) is -1.21. The van der Waals surface area contributed by atoms with E-state index in [1.807, 2.05) is 13.8 Å². The highest BCUT2D eigenvalue weighted by molar-refractivity contribution is 8.00. The molecule has 0 aromatic carbocycles. The average Bonchev–Trinajstić information content (AvgIpc) is 2.80. The van der Waals surface area contributed by atoms with E-state index in [2.05, 4.69) is 4.98 Å². The maximum absolute atomic E-state index is 11.9. The summed E-state index contributed by atoms with van der Waals surface area (Å²) in [6.07, 6.45) is -0.705. The molecule has 9 nitrogen and oxygen atoms in total. The van der Waals surface area contributed by atoms with Crippen molar-refractivity contribution in [3.05, 3.63) is 33.1 Å². The van der Waals surface area contributed by atoms with Gasteiger partial charge in [-0.1, -0.05) is 13.8 Å². The molecule has 1 aromatic rings. The van der Waals surface area contributed by atoms with Crippen molar-refractivity contribution >= 4 is 17.7 Å². The van der Waals surface area contributed by atoms with E-state index in [0.717, 1.165) is 22.4 Å². The van der Waals surface area contributed by atoms with Crippen molar-refractivity contribution in [2.24, 2.45) is 11.7 Å². The van der Waals surface area contributed by atoms with E-state index >= 15 is 0 Å². The number of carbonyl (C=O) groups excluding carboxylic acids is 1. The van der Waals surface area contributed by atoms with Crippen LogP contribution in [0.25, 0.3) is 0 Å². The van der Waals surface area contributed by atoms with E-state index < -0.39 is 46.1 Å². The van der Waals surface area contributed by atoms with Gasteiger partial charge in [0.25, 0.3) is 5.56 Å². The molecule has 1 aliphatic rings. The van der Waals surface area contributed by atoms with Crippen LogP contribution >= 0.6 is 11.8 Å². The molecule has 2 unspecified atom stereocenters. The van der Waals surface area contributed by atoms with Gasteiger partial charge in [-0.3, -0.25) is 19.1 Å². The van der Waals surface area contributed by atoms with Crippen molar-refractivity contribution in [2.75, 3.05) is 6.61 Å². The Morgan fingerprint density at radius 2 is 2.08 bits per heavy atom. The molecule has 5 atom stereocenters. The van der Waals surface area contributed by atoms with Crippen LogP contribution in [0.2, 0.25) is 0 Å². The van der Waals surface area contributed by atoms with Gasteiger partial charge in [0, 0.05) is 12.3 Å². The summed E-state index contributed by atoms with van der Waals surface area (Å²) in [5.74, 6) is -0.326.